The van der Waals surface area contributed by atoms with Crippen molar-refractivity contribution in [1.29, 1.82) is 0 Å². The standard InChI is InChI=1S/C23H36N4O.HI/c1-6-24-21(26-19-18-11-12-28-20(18)22(19,2)3)25-15-23(27(4)5)13-16-9-7-8-10-17(16)14-23;/h7-10,18-20H,6,11-15H2,1-5H3,(H2,24,25,26);1H. The topological polar surface area (TPSA) is 48.9 Å². The van der Waals surface area contributed by atoms with Gasteiger partial charge in [0.05, 0.1) is 12.6 Å². The lowest BCUT2D eigenvalue weighted by molar-refractivity contribution is -0.106. The molecule has 4 rings (SSSR count). The fourth-order valence-electron chi connectivity index (χ4n) is 5.55. The normalized spacial score (nSPS) is 28.9. The lowest BCUT2D eigenvalue weighted by Crippen LogP contribution is -2.68. The van der Waals surface area contributed by atoms with E-state index in [1.54, 1.807) is 0 Å². The van der Waals surface area contributed by atoms with Gasteiger partial charge in [0.25, 0.3) is 0 Å². The molecule has 1 aliphatic heterocycles. The van der Waals surface area contributed by atoms with Crippen LogP contribution in [0.4, 0.5) is 0 Å². The van der Waals surface area contributed by atoms with E-state index >= 15 is 0 Å². The highest BCUT2D eigenvalue weighted by Crippen LogP contribution is 2.52. The van der Waals surface area contributed by atoms with E-state index in [4.69, 9.17) is 9.73 Å². The molecule has 2 fully saturated rings. The van der Waals surface area contributed by atoms with Gasteiger partial charge in [-0.25, -0.2) is 0 Å². The third kappa shape index (κ3) is 4.04. The van der Waals surface area contributed by atoms with E-state index in [0.29, 0.717) is 18.1 Å². The van der Waals surface area contributed by atoms with Crippen molar-refractivity contribution in [2.24, 2.45) is 16.3 Å². The Hall–Kier alpha value is -0.860. The van der Waals surface area contributed by atoms with Gasteiger partial charge in [-0.1, -0.05) is 38.1 Å². The van der Waals surface area contributed by atoms with Crippen molar-refractivity contribution in [2.75, 3.05) is 33.8 Å². The first-order chi connectivity index (χ1) is 13.4. The Morgan fingerprint density at radius 3 is 2.45 bits per heavy atom. The summed E-state index contributed by atoms with van der Waals surface area (Å²) in [6.07, 6.45) is 3.67. The summed E-state index contributed by atoms with van der Waals surface area (Å²) in [5, 5.41) is 7.24. The van der Waals surface area contributed by atoms with Gasteiger partial charge in [-0.2, -0.15) is 0 Å². The molecule has 0 bridgehead atoms. The van der Waals surface area contributed by atoms with Crippen molar-refractivity contribution in [3.63, 3.8) is 0 Å². The molecule has 3 aliphatic rings. The third-order valence-electron chi connectivity index (χ3n) is 7.37. The number of nitrogens with one attached hydrogen (secondary N) is 2. The summed E-state index contributed by atoms with van der Waals surface area (Å²) in [6.45, 7) is 9.33. The largest absolute Gasteiger partial charge is 0.377 e. The van der Waals surface area contributed by atoms with Crippen LogP contribution in [0.3, 0.4) is 0 Å². The molecule has 2 N–H and O–H groups in total. The molecule has 1 saturated heterocycles. The molecular formula is C23H37IN4O. The minimum absolute atomic E-state index is 0. The van der Waals surface area contributed by atoms with E-state index in [0.717, 1.165) is 44.9 Å². The van der Waals surface area contributed by atoms with Crippen LogP contribution in [0.5, 0.6) is 0 Å². The number of hydrogen-bond donors (Lipinski definition) is 2. The number of rotatable bonds is 5. The highest BCUT2D eigenvalue weighted by atomic mass is 127. The number of halogens is 1. The van der Waals surface area contributed by atoms with Crippen LogP contribution in [0.2, 0.25) is 0 Å². The van der Waals surface area contributed by atoms with Crippen LogP contribution in [-0.2, 0) is 17.6 Å². The first-order valence-corrected chi connectivity index (χ1v) is 10.8. The van der Waals surface area contributed by atoms with Gasteiger partial charge in [-0.15, -0.1) is 24.0 Å². The molecular weight excluding hydrogens is 475 g/mol. The van der Waals surface area contributed by atoms with Crippen molar-refractivity contribution >= 4 is 29.9 Å². The van der Waals surface area contributed by atoms with Gasteiger partial charge in [0, 0.05) is 36.1 Å². The number of fused-ring (bicyclic) bond motifs is 2. The summed E-state index contributed by atoms with van der Waals surface area (Å²) >= 11 is 0. The molecule has 5 nitrogen and oxygen atoms in total. The van der Waals surface area contributed by atoms with E-state index in [-0.39, 0.29) is 34.9 Å². The van der Waals surface area contributed by atoms with Crippen molar-refractivity contribution in [2.45, 2.75) is 57.7 Å². The molecule has 1 saturated carbocycles. The summed E-state index contributed by atoms with van der Waals surface area (Å²) in [5.41, 5.74) is 3.14. The third-order valence-corrected chi connectivity index (χ3v) is 7.37. The molecule has 6 heteroatoms. The Kier molecular flexibility index (Phi) is 6.85. The molecule has 1 heterocycles. The minimum Gasteiger partial charge on any atom is -0.377 e. The van der Waals surface area contributed by atoms with Crippen LogP contribution in [-0.4, -0.2) is 62.3 Å². The molecule has 0 spiro atoms. The number of benzene rings is 1. The number of hydrogen-bond acceptors (Lipinski definition) is 3. The van der Waals surface area contributed by atoms with Crippen LogP contribution in [0.1, 0.15) is 38.3 Å². The predicted octanol–water partition coefficient (Wildman–Crippen LogP) is 3.07. The Bertz CT molecular complexity index is 723. The Morgan fingerprint density at radius 2 is 1.86 bits per heavy atom. The zero-order valence-corrected chi connectivity index (χ0v) is 20.8. The molecule has 3 atom stereocenters. The van der Waals surface area contributed by atoms with Crippen molar-refractivity contribution < 1.29 is 4.74 Å². The molecule has 0 aromatic heterocycles. The Morgan fingerprint density at radius 1 is 1.21 bits per heavy atom. The highest BCUT2D eigenvalue weighted by molar-refractivity contribution is 14.0. The molecule has 29 heavy (non-hydrogen) atoms. The minimum atomic E-state index is 0. The SMILES string of the molecule is CCNC(=NCC1(N(C)C)Cc2ccccc2C1)NC1C2CCOC2C1(C)C.I. The number of aliphatic imine (C=N–C) groups is 1. The van der Waals surface area contributed by atoms with E-state index in [1.165, 1.54) is 11.1 Å². The molecule has 0 radical (unpaired) electrons. The van der Waals surface area contributed by atoms with Crippen molar-refractivity contribution in [3.05, 3.63) is 35.4 Å². The lowest BCUT2D eigenvalue weighted by Gasteiger charge is -2.55. The molecule has 2 aliphatic carbocycles. The highest BCUT2D eigenvalue weighted by Gasteiger charge is 2.59. The molecule has 0 amide bonds. The average molecular weight is 512 g/mol. The maximum absolute atomic E-state index is 5.96. The summed E-state index contributed by atoms with van der Waals surface area (Å²) in [4.78, 5) is 7.45. The van der Waals surface area contributed by atoms with Crippen LogP contribution in [0.25, 0.3) is 0 Å². The Balaban J connectivity index is 0.00000240. The van der Waals surface area contributed by atoms with Crippen molar-refractivity contribution in [1.82, 2.24) is 15.5 Å². The second kappa shape index (κ2) is 8.71. The van der Waals surface area contributed by atoms with Gasteiger partial charge in [0.1, 0.15) is 0 Å². The molecule has 3 unspecified atom stereocenters. The van der Waals surface area contributed by atoms with Crippen LogP contribution in [0.15, 0.2) is 29.3 Å². The maximum atomic E-state index is 5.96. The van der Waals surface area contributed by atoms with E-state index in [2.05, 4.69) is 74.7 Å². The van der Waals surface area contributed by atoms with E-state index < -0.39 is 0 Å². The quantitative estimate of drug-likeness (QED) is 0.362. The van der Waals surface area contributed by atoms with Gasteiger partial charge in [0.15, 0.2) is 5.96 Å². The van der Waals surface area contributed by atoms with Crippen LogP contribution >= 0.6 is 24.0 Å². The number of likely N-dealkylation sites (N-methyl/N-ethyl adjacent to an activating group) is 1. The molecule has 1 aromatic rings. The van der Waals surface area contributed by atoms with Gasteiger partial charge in [-0.3, -0.25) is 4.99 Å². The van der Waals surface area contributed by atoms with Gasteiger partial charge >= 0.3 is 0 Å². The lowest BCUT2D eigenvalue weighted by atomic mass is 9.57. The fourth-order valence-corrected chi connectivity index (χ4v) is 5.55. The molecule has 1 aromatic carbocycles. The monoisotopic (exact) mass is 512 g/mol. The van der Waals surface area contributed by atoms with Gasteiger partial charge in [0.2, 0.25) is 0 Å². The summed E-state index contributed by atoms with van der Waals surface area (Å²) in [5.74, 6) is 1.56. The zero-order chi connectivity index (χ0) is 19.9. The molecule has 162 valence electrons. The predicted molar refractivity (Wildman–Crippen MR) is 130 cm³/mol. The number of guanidine groups is 1. The first-order valence-electron chi connectivity index (χ1n) is 10.8. The summed E-state index contributed by atoms with van der Waals surface area (Å²) < 4.78 is 5.96. The van der Waals surface area contributed by atoms with E-state index in [1.807, 2.05) is 0 Å². The summed E-state index contributed by atoms with van der Waals surface area (Å²) in [6, 6.07) is 9.26. The van der Waals surface area contributed by atoms with Gasteiger partial charge in [-0.05, 0) is 51.4 Å². The maximum Gasteiger partial charge on any atom is 0.191 e. The Labute approximate surface area is 193 Å². The van der Waals surface area contributed by atoms with Gasteiger partial charge < -0.3 is 20.3 Å². The number of nitrogens with zero attached hydrogens (tertiary/aromatic N) is 2. The average Bonchev–Trinajstić information content (AvgIpc) is 3.27. The van der Waals surface area contributed by atoms with E-state index in [9.17, 15) is 0 Å². The summed E-state index contributed by atoms with van der Waals surface area (Å²) in [7, 11) is 4.38. The second-order valence-electron chi connectivity index (χ2n) is 9.62. The number of ether oxygens (including phenoxy) is 1. The fraction of sp³-hybridized carbons (Fsp3) is 0.696. The van der Waals surface area contributed by atoms with Crippen LogP contribution < -0.4 is 10.6 Å². The smallest absolute Gasteiger partial charge is 0.191 e. The van der Waals surface area contributed by atoms with Crippen molar-refractivity contribution in [3.8, 4) is 0 Å². The second-order valence-corrected chi connectivity index (χ2v) is 9.62. The zero-order valence-electron chi connectivity index (χ0n) is 18.5. The van der Waals surface area contributed by atoms with Crippen LogP contribution in [0, 0.1) is 11.3 Å². The first kappa shape index (κ1) is 22.8.